The van der Waals surface area contributed by atoms with E-state index in [9.17, 15) is 4.79 Å². The number of nitrogens with one attached hydrogen (secondary N) is 3. The molecule has 0 aliphatic rings. The summed E-state index contributed by atoms with van der Waals surface area (Å²) in [7, 11) is 0. The van der Waals surface area contributed by atoms with Crippen LogP contribution in [-0.2, 0) is 11.2 Å². The fraction of sp³-hybridized carbons (Fsp3) is 0.312. The Morgan fingerprint density at radius 2 is 2.15 bits per heavy atom. The van der Waals surface area contributed by atoms with Crippen LogP contribution >= 0.6 is 0 Å². The largest absolute Gasteiger partial charge is 0.361 e. The Bertz CT molecular complexity index is 574. The summed E-state index contributed by atoms with van der Waals surface area (Å²) in [5.74, 6) is 0.0846. The van der Waals surface area contributed by atoms with E-state index < -0.39 is 0 Å². The van der Waals surface area contributed by atoms with E-state index in [2.05, 4.69) is 34.3 Å². The summed E-state index contributed by atoms with van der Waals surface area (Å²) >= 11 is 0. The molecule has 0 aliphatic heterocycles. The van der Waals surface area contributed by atoms with E-state index in [1.165, 1.54) is 10.9 Å². The van der Waals surface area contributed by atoms with Crippen molar-refractivity contribution in [3.8, 4) is 0 Å². The summed E-state index contributed by atoms with van der Waals surface area (Å²) in [6.07, 6.45) is 5.15. The second-order valence-electron chi connectivity index (χ2n) is 4.70. The van der Waals surface area contributed by atoms with Crippen LogP contribution in [0.1, 0.15) is 12.0 Å². The van der Waals surface area contributed by atoms with Crippen LogP contribution < -0.4 is 10.6 Å². The lowest BCUT2D eigenvalue weighted by Gasteiger charge is -2.05. The first kappa shape index (κ1) is 14.3. The summed E-state index contributed by atoms with van der Waals surface area (Å²) in [6, 6.07) is 8.20. The van der Waals surface area contributed by atoms with E-state index in [1.807, 2.05) is 18.3 Å². The van der Waals surface area contributed by atoms with E-state index in [-0.39, 0.29) is 5.91 Å². The fourth-order valence-corrected chi connectivity index (χ4v) is 2.17. The molecule has 4 heteroatoms. The van der Waals surface area contributed by atoms with E-state index in [4.69, 9.17) is 0 Å². The normalized spacial score (nSPS) is 10.6. The molecule has 0 bridgehead atoms. The highest BCUT2D eigenvalue weighted by atomic mass is 16.1. The first-order chi connectivity index (χ1) is 9.81. The van der Waals surface area contributed by atoms with Gasteiger partial charge in [0.25, 0.3) is 0 Å². The molecule has 0 unspecified atom stereocenters. The highest BCUT2D eigenvalue weighted by Crippen LogP contribution is 2.17. The molecule has 1 amide bonds. The molecule has 20 heavy (non-hydrogen) atoms. The molecule has 2 aromatic rings. The molecule has 0 saturated heterocycles. The Kier molecular flexibility index (Phi) is 5.38. The second kappa shape index (κ2) is 7.50. The van der Waals surface area contributed by atoms with Crippen molar-refractivity contribution in [1.82, 2.24) is 15.6 Å². The van der Waals surface area contributed by atoms with Gasteiger partial charge >= 0.3 is 0 Å². The number of aromatic nitrogens is 1. The predicted octanol–water partition coefficient (Wildman–Crippen LogP) is 1.99. The lowest BCUT2D eigenvalue weighted by Crippen LogP contribution is -2.29. The molecule has 0 atom stereocenters. The number of carbonyl (C=O) groups excluding carboxylic acids is 1. The number of para-hydroxylation sites is 1. The van der Waals surface area contributed by atoms with Crippen LogP contribution in [0.2, 0.25) is 0 Å². The third kappa shape index (κ3) is 3.96. The number of benzene rings is 1. The van der Waals surface area contributed by atoms with Gasteiger partial charge in [0.2, 0.25) is 5.91 Å². The molecule has 0 spiro atoms. The molecule has 0 saturated carbocycles. The van der Waals surface area contributed by atoms with Crippen molar-refractivity contribution in [2.45, 2.75) is 12.8 Å². The zero-order valence-electron chi connectivity index (χ0n) is 11.6. The molecule has 1 aromatic carbocycles. The summed E-state index contributed by atoms with van der Waals surface area (Å²) in [4.78, 5) is 14.9. The van der Waals surface area contributed by atoms with Crippen molar-refractivity contribution < 1.29 is 4.79 Å². The zero-order chi connectivity index (χ0) is 14.2. The number of H-pyrrole nitrogens is 1. The van der Waals surface area contributed by atoms with Crippen LogP contribution in [0, 0.1) is 0 Å². The molecule has 1 heterocycles. The summed E-state index contributed by atoms with van der Waals surface area (Å²) in [5.41, 5.74) is 2.38. The van der Waals surface area contributed by atoms with Crippen molar-refractivity contribution in [3.63, 3.8) is 0 Å². The Morgan fingerprint density at radius 3 is 3.00 bits per heavy atom. The highest BCUT2D eigenvalue weighted by molar-refractivity contribution is 5.83. The van der Waals surface area contributed by atoms with Crippen molar-refractivity contribution >= 4 is 16.8 Å². The van der Waals surface area contributed by atoms with Crippen molar-refractivity contribution in [1.29, 1.82) is 0 Å². The minimum Gasteiger partial charge on any atom is -0.361 e. The second-order valence-corrected chi connectivity index (χ2v) is 4.70. The first-order valence-corrected chi connectivity index (χ1v) is 6.94. The monoisotopic (exact) mass is 271 g/mol. The standard InChI is InChI=1S/C16H21N3O/c1-2-9-17-10-8-16(20)18-11-7-13-12-19-15-6-4-3-5-14(13)15/h2-6,12,17,19H,1,7-11H2,(H,18,20). The summed E-state index contributed by atoms with van der Waals surface area (Å²) in [6.45, 7) is 5.71. The number of carbonyl (C=O) groups is 1. The number of rotatable bonds is 8. The van der Waals surface area contributed by atoms with E-state index >= 15 is 0 Å². The minimum absolute atomic E-state index is 0.0846. The average molecular weight is 271 g/mol. The van der Waals surface area contributed by atoms with Crippen LogP contribution in [0.3, 0.4) is 0 Å². The lowest BCUT2D eigenvalue weighted by molar-refractivity contribution is -0.120. The molecule has 0 fully saturated rings. The number of amides is 1. The SMILES string of the molecule is C=CCNCCC(=O)NCCc1c[nH]c2ccccc12. The Hall–Kier alpha value is -2.07. The number of fused-ring (bicyclic) bond motifs is 1. The van der Waals surface area contributed by atoms with Gasteiger partial charge in [-0.1, -0.05) is 24.3 Å². The lowest BCUT2D eigenvalue weighted by atomic mass is 10.1. The van der Waals surface area contributed by atoms with E-state index in [0.717, 1.165) is 18.5 Å². The summed E-state index contributed by atoms with van der Waals surface area (Å²) in [5, 5.41) is 7.29. The molecular formula is C16H21N3O. The molecule has 4 nitrogen and oxygen atoms in total. The van der Waals surface area contributed by atoms with Gasteiger partial charge in [0.1, 0.15) is 0 Å². The molecule has 1 aromatic heterocycles. The van der Waals surface area contributed by atoms with Gasteiger partial charge in [-0.3, -0.25) is 4.79 Å². The molecule has 0 aliphatic carbocycles. The quantitative estimate of drug-likeness (QED) is 0.508. The van der Waals surface area contributed by atoms with Gasteiger partial charge < -0.3 is 15.6 Å². The van der Waals surface area contributed by atoms with Gasteiger partial charge in [0, 0.05) is 43.2 Å². The van der Waals surface area contributed by atoms with Gasteiger partial charge in [-0.05, 0) is 18.1 Å². The number of hydrogen-bond acceptors (Lipinski definition) is 2. The van der Waals surface area contributed by atoms with Gasteiger partial charge in [-0.25, -0.2) is 0 Å². The Morgan fingerprint density at radius 1 is 1.30 bits per heavy atom. The average Bonchev–Trinajstić information content (AvgIpc) is 2.87. The van der Waals surface area contributed by atoms with Crippen LogP contribution in [-0.4, -0.2) is 30.5 Å². The van der Waals surface area contributed by atoms with Crippen LogP contribution in [0.5, 0.6) is 0 Å². The van der Waals surface area contributed by atoms with Crippen LogP contribution in [0.15, 0.2) is 43.1 Å². The van der Waals surface area contributed by atoms with E-state index in [1.54, 1.807) is 6.08 Å². The molecule has 2 rings (SSSR count). The first-order valence-electron chi connectivity index (χ1n) is 6.94. The maximum atomic E-state index is 11.6. The van der Waals surface area contributed by atoms with Crippen LogP contribution in [0.25, 0.3) is 10.9 Å². The van der Waals surface area contributed by atoms with Crippen molar-refractivity contribution in [2.24, 2.45) is 0 Å². The zero-order valence-corrected chi connectivity index (χ0v) is 11.6. The number of aromatic amines is 1. The maximum absolute atomic E-state index is 11.6. The topological polar surface area (TPSA) is 56.9 Å². The minimum atomic E-state index is 0.0846. The van der Waals surface area contributed by atoms with Gasteiger partial charge in [0.15, 0.2) is 0 Å². The molecule has 106 valence electrons. The van der Waals surface area contributed by atoms with Crippen LogP contribution in [0.4, 0.5) is 0 Å². The Balaban J connectivity index is 1.73. The third-order valence-corrected chi connectivity index (χ3v) is 3.21. The highest BCUT2D eigenvalue weighted by Gasteiger charge is 2.04. The third-order valence-electron chi connectivity index (χ3n) is 3.21. The predicted molar refractivity (Wildman–Crippen MR) is 82.7 cm³/mol. The number of hydrogen-bond donors (Lipinski definition) is 3. The van der Waals surface area contributed by atoms with Crippen molar-refractivity contribution in [2.75, 3.05) is 19.6 Å². The van der Waals surface area contributed by atoms with Gasteiger partial charge in [-0.2, -0.15) is 0 Å². The molecular weight excluding hydrogens is 250 g/mol. The van der Waals surface area contributed by atoms with E-state index in [0.29, 0.717) is 19.5 Å². The maximum Gasteiger partial charge on any atom is 0.221 e. The Labute approximate surface area is 119 Å². The summed E-state index contributed by atoms with van der Waals surface area (Å²) < 4.78 is 0. The van der Waals surface area contributed by atoms with Gasteiger partial charge in [0.05, 0.1) is 0 Å². The fourth-order valence-electron chi connectivity index (χ4n) is 2.17. The molecule has 0 radical (unpaired) electrons. The van der Waals surface area contributed by atoms with Crippen molar-refractivity contribution in [3.05, 3.63) is 48.7 Å². The molecule has 3 N–H and O–H groups in total. The van der Waals surface area contributed by atoms with Gasteiger partial charge in [-0.15, -0.1) is 6.58 Å². The smallest absolute Gasteiger partial charge is 0.221 e.